The first-order valence-electron chi connectivity index (χ1n) is 12.0. The highest BCUT2D eigenvalue weighted by Crippen LogP contribution is 2.37. The van der Waals surface area contributed by atoms with Crippen LogP contribution in [0.1, 0.15) is 46.6 Å². The maximum atomic E-state index is 13.0. The van der Waals surface area contributed by atoms with Gasteiger partial charge in [-0.2, -0.15) is 0 Å². The lowest BCUT2D eigenvalue weighted by Crippen LogP contribution is -2.48. The van der Waals surface area contributed by atoms with Crippen molar-refractivity contribution in [3.8, 4) is 5.75 Å². The summed E-state index contributed by atoms with van der Waals surface area (Å²) in [5.41, 5.74) is 0.995. The van der Waals surface area contributed by atoms with E-state index in [4.69, 9.17) is 23.5 Å². The zero-order valence-electron chi connectivity index (χ0n) is 23.1. The molecule has 0 saturated heterocycles. The van der Waals surface area contributed by atoms with E-state index in [1.165, 1.54) is 19.3 Å². The van der Waals surface area contributed by atoms with Gasteiger partial charge in [-0.15, -0.1) is 0 Å². The van der Waals surface area contributed by atoms with Crippen LogP contribution in [0, 0.1) is 11.8 Å². The van der Waals surface area contributed by atoms with E-state index in [2.05, 4.69) is 47.7 Å². The molecule has 1 aromatic carbocycles. The van der Waals surface area contributed by atoms with Crippen LogP contribution in [0.3, 0.4) is 0 Å². The van der Waals surface area contributed by atoms with Crippen LogP contribution in [0.15, 0.2) is 24.3 Å². The van der Waals surface area contributed by atoms with Gasteiger partial charge in [0.25, 0.3) is 5.91 Å². The lowest BCUT2D eigenvalue weighted by Gasteiger charge is -2.37. The number of carbonyl (C=O) groups is 1. The van der Waals surface area contributed by atoms with Crippen LogP contribution < -0.4 is 4.74 Å². The first-order valence-corrected chi connectivity index (χ1v) is 14.9. The SMILES string of the molecule is COc1ccc(CO[C@H]([C@H](C)C[C@H](C)CO[Si](C)(C)C(C)(C)C)[C@H](OC)C(=O)N(C)OC)cc1. The first-order chi connectivity index (χ1) is 15.8. The Morgan fingerprint density at radius 2 is 1.65 bits per heavy atom. The van der Waals surface area contributed by atoms with E-state index >= 15 is 0 Å². The van der Waals surface area contributed by atoms with Gasteiger partial charge in [-0.05, 0) is 54.1 Å². The van der Waals surface area contributed by atoms with Crippen LogP contribution >= 0.6 is 0 Å². The Morgan fingerprint density at radius 1 is 1.06 bits per heavy atom. The monoisotopic (exact) mass is 497 g/mol. The molecule has 34 heavy (non-hydrogen) atoms. The molecule has 0 unspecified atom stereocenters. The van der Waals surface area contributed by atoms with Gasteiger partial charge in [0.1, 0.15) is 5.75 Å². The minimum Gasteiger partial charge on any atom is -0.497 e. The molecule has 0 fully saturated rings. The van der Waals surface area contributed by atoms with Crippen molar-refractivity contribution < 1.29 is 28.3 Å². The molecule has 1 rings (SSSR count). The van der Waals surface area contributed by atoms with E-state index in [-0.39, 0.29) is 16.9 Å². The van der Waals surface area contributed by atoms with E-state index in [1.54, 1.807) is 14.2 Å². The van der Waals surface area contributed by atoms with Gasteiger partial charge in [0.2, 0.25) is 0 Å². The lowest BCUT2D eigenvalue weighted by molar-refractivity contribution is -0.191. The summed E-state index contributed by atoms with van der Waals surface area (Å²) in [6, 6.07) is 7.71. The average Bonchev–Trinajstić information content (AvgIpc) is 2.79. The Labute approximate surface area is 208 Å². The summed E-state index contributed by atoms with van der Waals surface area (Å²) in [4.78, 5) is 18.1. The standard InChI is InChI=1S/C26H47NO6Si/c1-19(17-33-34(10,11)26(3,4)5)16-20(2)23(24(30-8)25(28)27(6)31-9)32-18-21-12-14-22(29-7)15-13-21/h12-15,19-20,23-24H,16-18H2,1-11H3/t19-,20+,23+,24-/m0/s1. The number of amides is 1. The molecule has 0 radical (unpaired) electrons. The number of hydrogen-bond acceptors (Lipinski definition) is 6. The molecular weight excluding hydrogens is 450 g/mol. The van der Waals surface area contributed by atoms with Gasteiger partial charge >= 0.3 is 0 Å². The van der Waals surface area contributed by atoms with Crippen molar-refractivity contribution in [1.82, 2.24) is 5.06 Å². The second-order valence-corrected chi connectivity index (χ2v) is 15.5. The number of benzene rings is 1. The van der Waals surface area contributed by atoms with Gasteiger partial charge in [-0.3, -0.25) is 9.63 Å². The average molecular weight is 498 g/mol. The number of likely N-dealkylation sites (N-methyl/N-ethyl adjacent to an activating group) is 1. The number of ether oxygens (including phenoxy) is 3. The second-order valence-electron chi connectivity index (χ2n) is 10.7. The third-order valence-electron chi connectivity index (χ3n) is 6.85. The third-order valence-corrected chi connectivity index (χ3v) is 11.4. The molecule has 196 valence electrons. The second kappa shape index (κ2) is 13.6. The number of carbonyl (C=O) groups excluding carboxylic acids is 1. The number of hydrogen-bond donors (Lipinski definition) is 0. The molecule has 0 aliphatic heterocycles. The smallest absolute Gasteiger partial charge is 0.277 e. The maximum absolute atomic E-state index is 13.0. The molecule has 1 aromatic rings. The summed E-state index contributed by atoms with van der Waals surface area (Å²) in [7, 11) is 4.39. The zero-order valence-corrected chi connectivity index (χ0v) is 24.1. The minimum absolute atomic E-state index is 0.0513. The molecule has 0 N–H and O–H groups in total. The topological polar surface area (TPSA) is 66.5 Å². The number of hydroxylamine groups is 2. The van der Waals surface area contributed by atoms with Crippen molar-refractivity contribution in [1.29, 1.82) is 0 Å². The summed E-state index contributed by atoms with van der Waals surface area (Å²) >= 11 is 0. The normalized spacial score (nSPS) is 16.0. The quantitative estimate of drug-likeness (QED) is 0.257. The van der Waals surface area contributed by atoms with Gasteiger partial charge in [-0.1, -0.05) is 46.8 Å². The maximum Gasteiger partial charge on any atom is 0.277 e. The van der Waals surface area contributed by atoms with Crippen molar-refractivity contribution in [2.24, 2.45) is 11.8 Å². The summed E-state index contributed by atoms with van der Waals surface area (Å²) in [6.07, 6.45) is -0.398. The van der Waals surface area contributed by atoms with Gasteiger partial charge < -0.3 is 18.6 Å². The summed E-state index contributed by atoms with van der Waals surface area (Å²) in [5, 5.41) is 1.36. The minimum atomic E-state index is -1.82. The molecule has 8 heteroatoms. The molecule has 0 spiro atoms. The van der Waals surface area contributed by atoms with Crippen LogP contribution in [0.2, 0.25) is 18.1 Å². The Morgan fingerprint density at radius 3 is 2.12 bits per heavy atom. The van der Waals surface area contributed by atoms with Crippen molar-refractivity contribution in [2.75, 3.05) is 35.0 Å². The van der Waals surface area contributed by atoms with Crippen molar-refractivity contribution in [2.45, 2.75) is 78.0 Å². The fraction of sp³-hybridized carbons (Fsp3) is 0.731. The molecule has 0 saturated carbocycles. The molecule has 4 atom stereocenters. The Hall–Kier alpha value is -1.45. The summed E-state index contributed by atoms with van der Waals surface area (Å²) < 4.78 is 23.6. The molecule has 1 amide bonds. The van der Waals surface area contributed by atoms with Crippen LogP contribution in [-0.2, 0) is 30.1 Å². The van der Waals surface area contributed by atoms with Crippen LogP contribution in [0.25, 0.3) is 0 Å². The van der Waals surface area contributed by atoms with E-state index in [0.717, 1.165) is 17.7 Å². The Kier molecular flexibility index (Phi) is 12.2. The van der Waals surface area contributed by atoms with Gasteiger partial charge in [0.15, 0.2) is 14.4 Å². The van der Waals surface area contributed by atoms with Gasteiger partial charge in [0.05, 0.1) is 26.9 Å². The fourth-order valence-corrected chi connectivity index (χ4v) is 4.65. The largest absolute Gasteiger partial charge is 0.497 e. The molecule has 7 nitrogen and oxygen atoms in total. The highest BCUT2D eigenvalue weighted by molar-refractivity contribution is 6.74. The van der Waals surface area contributed by atoms with E-state index in [9.17, 15) is 4.79 Å². The number of rotatable bonds is 14. The van der Waals surface area contributed by atoms with Crippen LogP contribution in [0.4, 0.5) is 0 Å². The van der Waals surface area contributed by atoms with Gasteiger partial charge in [-0.25, -0.2) is 5.06 Å². The van der Waals surface area contributed by atoms with Crippen LogP contribution in [-0.4, -0.2) is 66.5 Å². The Bertz CT molecular complexity index is 734. The molecule has 0 bridgehead atoms. The zero-order chi connectivity index (χ0) is 26.1. The van der Waals surface area contributed by atoms with E-state index in [0.29, 0.717) is 19.1 Å². The molecule has 0 aromatic heterocycles. The van der Waals surface area contributed by atoms with E-state index in [1.807, 2.05) is 24.3 Å². The van der Waals surface area contributed by atoms with Crippen molar-refractivity contribution >= 4 is 14.2 Å². The lowest BCUT2D eigenvalue weighted by atomic mass is 9.90. The van der Waals surface area contributed by atoms with Crippen molar-refractivity contribution in [3.63, 3.8) is 0 Å². The van der Waals surface area contributed by atoms with E-state index < -0.39 is 20.5 Å². The predicted octanol–water partition coefficient (Wildman–Crippen LogP) is 5.30. The summed E-state index contributed by atoms with van der Waals surface area (Å²) in [5.74, 6) is 0.872. The number of nitrogens with zero attached hydrogens (tertiary/aromatic N) is 1. The Balaban J connectivity index is 2.97. The summed E-state index contributed by atoms with van der Waals surface area (Å²) in [6.45, 7) is 16.6. The fourth-order valence-electron chi connectivity index (χ4n) is 3.51. The molecule has 0 aliphatic carbocycles. The predicted molar refractivity (Wildman–Crippen MR) is 138 cm³/mol. The molecule has 0 aliphatic rings. The highest BCUT2D eigenvalue weighted by atomic mass is 28.4. The van der Waals surface area contributed by atoms with Gasteiger partial charge in [0, 0.05) is 20.8 Å². The first kappa shape index (κ1) is 30.6. The van der Waals surface area contributed by atoms with Crippen LogP contribution in [0.5, 0.6) is 5.75 Å². The molecular formula is C26H47NO6Si. The highest BCUT2D eigenvalue weighted by Gasteiger charge is 2.39. The molecule has 0 heterocycles. The number of methoxy groups -OCH3 is 2. The third kappa shape index (κ3) is 8.96. The van der Waals surface area contributed by atoms with Crippen molar-refractivity contribution in [3.05, 3.63) is 29.8 Å².